The van der Waals surface area contributed by atoms with Crippen molar-refractivity contribution in [1.29, 1.82) is 0 Å². The second-order valence-corrected chi connectivity index (χ2v) is 4.32. The molecule has 1 aromatic heterocycles. The van der Waals surface area contributed by atoms with Crippen molar-refractivity contribution in [3.63, 3.8) is 0 Å². The summed E-state index contributed by atoms with van der Waals surface area (Å²) in [6.45, 7) is 6.12. The van der Waals surface area contributed by atoms with Gasteiger partial charge in [-0.25, -0.2) is 13.2 Å². The highest BCUT2D eigenvalue weighted by Crippen LogP contribution is 2.32. The lowest BCUT2D eigenvalue weighted by molar-refractivity contribution is 0.453. The van der Waals surface area contributed by atoms with Gasteiger partial charge in [0.05, 0.1) is 16.6 Å². The molecule has 0 aliphatic carbocycles. The highest BCUT2D eigenvalue weighted by atomic mass is 19.2. The lowest BCUT2D eigenvalue weighted by atomic mass is 10.0. The predicted molar refractivity (Wildman–Crippen MR) is 69.9 cm³/mol. The van der Waals surface area contributed by atoms with E-state index in [1.165, 1.54) is 0 Å². The molecule has 0 unspecified atom stereocenters. The minimum atomic E-state index is -1.46. The molecule has 0 fully saturated rings. The van der Waals surface area contributed by atoms with Crippen LogP contribution in [0.25, 0.3) is 10.9 Å². The Morgan fingerprint density at radius 2 is 1.84 bits per heavy atom. The fourth-order valence-electron chi connectivity index (χ4n) is 2.21. The van der Waals surface area contributed by atoms with Gasteiger partial charge in [-0.05, 0) is 25.8 Å². The number of rotatable bonds is 3. The van der Waals surface area contributed by atoms with Crippen molar-refractivity contribution in [2.45, 2.75) is 27.2 Å². The van der Waals surface area contributed by atoms with Gasteiger partial charge >= 0.3 is 0 Å². The zero-order chi connectivity index (χ0) is 14.2. The van der Waals surface area contributed by atoms with Crippen molar-refractivity contribution in [3.05, 3.63) is 34.8 Å². The topological polar surface area (TPSA) is 24.9 Å². The number of hydrogen-bond donors (Lipinski definition) is 1. The first-order valence-corrected chi connectivity index (χ1v) is 6.21. The van der Waals surface area contributed by atoms with Gasteiger partial charge in [-0.2, -0.15) is 0 Å². The molecular weight excluding hydrogens is 253 g/mol. The van der Waals surface area contributed by atoms with Crippen LogP contribution in [0.2, 0.25) is 0 Å². The first kappa shape index (κ1) is 13.6. The molecular formula is C14H15F3N2. The second kappa shape index (κ2) is 5.07. The molecule has 0 saturated carbocycles. The number of pyridine rings is 1. The summed E-state index contributed by atoms with van der Waals surface area (Å²) in [6, 6.07) is 0.938. The Morgan fingerprint density at radius 3 is 2.42 bits per heavy atom. The van der Waals surface area contributed by atoms with E-state index in [4.69, 9.17) is 0 Å². The Morgan fingerprint density at radius 1 is 1.16 bits per heavy atom. The number of anilines is 1. The zero-order valence-corrected chi connectivity index (χ0v) is 11.1. The van der Waals surface area contributed by atoms with E-state index >= 15 is 0 Å². The summed E-state index contributed by atoms with van der Waals surface area (Å²) < 4.78 is 40.6. The van der Waals surface area contributed by atoms with Gasteiger partial charge in [0.25, 0.3) is 0 Å². The van der Waals surface area contributed by atoms with E-state index in [0.717, 1.165) is 17.3 Å². The van der Waals surface area contributed by atoms with Crippen LogP contribution in [0, 0.1) is 24.4 Å². The molecule has 1 aromatic carbocycles. The van der Waals surface area contributed by atoms with Crippen LogP contribution >= 0.6 is 0 Å². The van der Waals surface area contributed by atoms with Gasteiger partial charge in [-0.15, -0.1) is 0 Å². The van der Waals surface area contributed by atoms with Crippen LogP contribution in [-0.4, -0.2) is 11.5 Å². The Hall–Kier alpha value is -1.78. The predicted octanol–water partition coefficient (Wildman–Crippen LogP) is 3.95. The smallest absolute Gasteiger partial charge is 0.195 e. The van der Waals surface area contributed by atoms with E-state index in [0.29, 0.717) is 18.7 Å². The van der Waals surface area contributed by atoms with E-state index in [1.807, 2.05) is 13.8 Å². The Balaban J connectivity index is 2.92. The highest BCUT2D eigenvalue weighted by Gasteiger charge is 2.20. The van der Waals surface area contributed by atoms with Crippen LogP contribution in [0.5, 0.6) is 0 Å². The van der Waals surface area contributed by atoms with Crippen molar-refractivity contribution in [3.8, 4) is 0 Å². The fourth-order valence-corrected chi connectivity index (χ4v) is 2.21. The normalized spacial score (nSPS) is 11.1. The number of fused-ring (bicyclic) bond motifs is 1. The van der Waals surface area contributed by atoms with E-state index < -0.39 is 17.5 Å². The minimum Gasteiger partial charge on any atom is -0.384 e. The number of nitrogens with one attached hydrogen (secondary N) is 1. The summed E-state index contributed by atoms with van der Waals surface area (Å²) in [5.41, 5.74) is 2.13. The maximum Gasteiger partial charge on any atom is 0.195 e. The van der Waals surface area contributed by atoms with Gasteiger partial charge in [0.15, 0.2) is 17.5 Å². The Labute approximate surface area is 109 Å². The molecule has 0 bridgehead atoms. The molecule has 0 aliphatic rings. The van der Waals surface area contributed by atoms with Crippen LogP contribution in [0.15, 0.2) is 6.07 Å². The van der Waals surface area contributed by atoms with Gasteiger partial charge in [0.1, 0.15) is 0 Å². The van der Waals surface area contributed by atoms with Crippen LogP contribution in [0.3, 0.4) is 0 Å². The first-order valence-electron chi connectivity index (χ1n) is 6.21. The number of benzene rings is 1. The molecule has 2 rings (SSSR count). The highest BCUT2D eigenvalue weighted by molar-refractivity contribution is 5.94. The van der Waals surface area contributed by atoms with E-state index in [9.17, 15) is 13.2 Å². The standard InChI is InChI=1S/C14H15F3N2/c1-4-9-7(3)14(18-5-2)11-10(19-9)6-8(15)12(16)13(11)17/h6H,4-5H2,1-3H3,(H,18,19). The summed E-state index contributed by atoms with van der Waals surface area (Å²) in [4.78, 5) is 4.21. The number of hydrogen-bond acceptors (Lipinski definition) is 2. The van der Waals surface area contributed by atoms with E-state index in [1.54, 1.807) is 6.92 Å². The molecule has 0 saturated heterocycles. The number of aryl methyl sites for hydroxylation is 1. The third kappa shape index (κ3) is 2.13. The zero-order valence-electron chi connectivity index (χ0n) is 11.1. The van der Waals surface area contributed by atoms with Crippen LogP contribution in [-0.2, 0) is 6.42 Å². The molecule has 1 heterocycles. The molecule has 102 valence electrons. The molecule has 0 amide bonds. The summed E-state index contributed by atoms with van der Waals surface area (Å²) in [5, 5.41) is 3.02. The van der Waals surface area contributed by atoms with Crippen molar-refractivity contribution in [2.75, 3.05) is 11.9 Å². The third-order valence-electron chi connectivity index (χ3n) is 3.14. The summed E-state index contributed by atoms with van der Waals surface area (Å²) in [5.74, 6) is -3.87. The summed E-state index contributed by atoms with van der Waals surface area (Å²) in [7, 11) is 0. The van der Waals surface area contributed by atoms with Gasteiger partial charge in [0, 0.05) is 18.3 Å². The molecule has 5 heteroatoms. The van der Waals surface area contributed by atoms with Crippen molar-refractivity contribution in [1.82, 2.24) is 4.98 Å². The Bertz CT molecular complexity index is 639. The van der Waals surface area contributed by atoms with Gasteiger partial charge in [-0.3, -0.25) is 4.98 Å². The molecule has 19 heavy (non-hydrogen) atoms. The molecule has 0 aliphatic heterocycles. The van der Waals surface area contributed by atoms with Gasteiger partial charge in [-0.1, -0.05) is 6.92 Å². The molecule has 0 spiro atoms. The summed E-state index contributed by atoms with van der Waals surface area (Å²) >= 11 is 0. The molecule has 2 nitrogen and oxygen atoms in total. The maximum absolute atomic E-state index is 14.0. The quantitative estimate of drug-likeness (QED) is 0.852. The monoisotopic (exact) mass is 268 g/mol. The number of aromatic nitrogens is 1. The van der Waals surface area contributed by atoms with Gasteiger partial charge in [0.2, 0.25) is 0 Å². The number of nitrogens with zero attached hydrogens (tertiary/aromatic N) is 1. The van der Waals surface area contributed by atoms with Crippen molar-refractivity contribution < 1.29 is 13.2 Å². The average Bonchev–Trinajstić information content (AvgIpc) is 2.39. The fraction of sp³-hybridized carbons (Fsp3) is 0.357. The second-order valence-electron chi connectivity index (χ2n) is 4.32. The van der Waals surface area contributed by atoms with Crippen molar-refractivity contribution in [2.24, 2.45) is 0 Å². The molecule has 1 N–H and O–H groups in total. The van der Waals surface area contributed by atoms with Crippen molar-refractivity contribution >= 4 is 16.6 Å². The Kier molecular flexibility index (Phi) is 3.64. The SMILES string of the molecule is CCNc1c(C)c(CC)nc2cc(F)c(F)c(F)c12. The molecule has 2 aromatic rings. The minimum absolute atomic E-state index is 0.00968. The lowest BCUT2D eigenvalue weighted by Crippen LogP contribution is -2.07. The lowest BCUT2D eigenvalue weighted by Gasteiger charge is -2.15. The van der Waals surface area contributed by atoms with Crippen LogP contribution in [0.4, 0.5) is 18.9 Å². The summed E-state index contributed by atoms with van der Waals surface area (Å²) in [6.07, 6.45) is 0.640. The average molecular weight is 268 g/mol. The first-order chi connectivity index (χ1) is 9.01. The number of halogens is 3. The van der Waals surface area contributed by atoms with E-state index in [-0.39, 0.29) is 10.9 Å². The van der Waals surface area contributed by atoms with E-state index in [2.05, 4.69) is 10.3 Å². The largest absolute Gasteiger partial charge is 0.384 e. The molecule has 0 radical (unpaired) electrons. The maximum atomic E-state index is 14.0. The molecule has 0 atom stereocenters. The third-order valence-corrected chi connectivity index (χ3v) is 3.14. The van der Waals surface area contributed by atoms with Crippen LogP contribution in [0.1, 0.15) is 25.1 Å². The van der Waals surface area contributed by atoms with Gasteiger partial charge < -0.3 is 5.32 Å². The van der Waals surface area contributed by atoms with Crippen LogP contribution < -0.4 is 5.32 Å².